The van der Waals surface area contributed by atoms with Crippen molar-refractivity contribution < 1.29 is 9.94 Å². The fraction of sp³-hybridized carbons (Fsp3) is 0.0714. The van der Waals surface area contributed by atoms with E-state index >= 15 is 0 Å². The Balaban J connectivity index is 2.27. The van der Waals surface area contributed by atoms with Gasteiger partial charge in [0.1, 0.15) is 11.5 Å². The van der Waals surface area contributed by atoms with Crippen LogP contribution in [0.25, 0.3) is 0 Å². The Morgan fingerprint density at radius 2 is 2.05 bits per heavy atom. The van der Waals surface area contributed by atoms with E-state index in [1.165, 1.54) is 0 Å². The van der Waals surface area contributed by atoms with Crippen LogP contribution in [0.3, 0.4) is 0 Å². The summed E-state index contributed by atoms with van der Waals surface area (Å²) >= 11 is 3.39. The first-order valence-electron chi connectivity index (χ1n) is 5.62. The predicted molar refractivity (Wildman–Crippen MR) is 77.9 cm³/mol. The summed E-state index contributed by atoms with van der Waals surface area (Å²) in [7, 11) is 0. The summed E-state index contributed by atoms with van der Waals surface area (Å²) in [6.45, 7) is 1.90. The standard InChI is InChI=1S/C14H13BrN2O2/c1-9-7-10(14(16)17-18)5-6-13(9)19-12-4-2-3-11(15)8-12/h2-8,18H,1H3,(H2,16,17). The van der Waals surface area contributed by atoms with Crippen LogP contribution < -0.4 is 10.5 Å². The smallest absolute Gasteiger partial charge is 0.170 e. The lowest BCUT2D eigenvalue weighted by atomic mass is 10.1. The number of benzene rings is 2. The van der Waals surface area contributed by atoms with Gasteiger partial charge in [-0.15, -0.1) is 0 Å². The van der Waals surface area contributed by atoms with Crippen LogP contribution in [0.5, 0.6) is 11.5 Å². The summed E-state index contributed by atoms with van der Waals surface area (Å²) in [5.74, 6) is 1.55. The molecule has 0 amide bonds. The lowest BCUT2D eigenvalue weighted by Gasteiger charge is -2.10. The summed E-state index contributed by atoms with van der Waals surface area (Å²) in [4.78, 5) is 0. The van der Waals surface area contributed by atoms with Gasteiger partial charge in [-0.25, -0.2) is 0 Å². The van der Waals surface area contributed by atoms with Crippen molar-refractivity contribution in [1.29, 1.82) is 0 Å². The van der Waals surface area contributed by atoms with Gasteiger partial charge in [-0.2, -0.15) is 0 Å². The molecule has 4 nitrogen and oxygen atoms in total. The van der Waals surface area contributed by atoms with Crippen LogP contribution in [0, 0.1) is 6.92 Å². The highest BCUT2D eigenvalue weighted by molar-refractivity contribution is 9.10. The average Bonchev–Trinajstić information content (AvgIpc) is 2.40. The fourth-order valence-corrected chi connectivity index (χ4v) is 2.02. The molecule has 2 aromatic rings. The van der Waals surface area contributed by atoms with Crippen molar-refractivity contribution >= 4 is 21.8 Å². The molecule has 0 aromatic heterocycles. The zero-order valence-corrected chi connectivity index (χ0v) is 11.9. The molecule has 0 radical (unpaired) electrons. The molecule has 0 fully saturated rings. The third kappa shape index (κ3) is 3.26. The first-order chi connectivity index (χ1) is 9.10. The maximum absolute atomic E-state index is 8.64. The Morgan fingerprint density at radius 1 is 1.26 bits per heavy atom. The highest BCUT2D eigenvalue weighted by Gasteiger charge is 2.05. The second kappa shape index (κ2) is 5.75. The number of hydrogen-bond donors (Lipinski definition) is 2. The van der Waals surface area contributed by atoms with Gasteiger partial charge < -0.3 is 15.7 Å². The monoisotopic (exact) mass is 320 g/mol. The van der Waals surface area contributed by atoms with Crippen LogP contribution in [-0.2, 0) is 0 Å². The highest BCUT2D eigenvalue weighted by atomic mass is 79.9. The molecule has 5 heteroatoms. The molecule has 0 bridgehead atoms. The van der Waals surface area contributed by atoms with Crippen molar-refractivity contribution in [2.75, 3.05) is 0 Å². The summed E-state index contributed by atoms with van der Waals surface area (Å²) in [5.41, 5.74) is 7.10. The minimum Gasteiger partial charge on any atom is -0.457 e. The Bertz CT molecular complexity index is 627. The molecule has 98 valence electrons. The summed E-state index contributed by atoms with van der Waals surface area (Å²) in [6, 6.07) is 12.9. The van der Waals surface area contributed by atoms with E-state index in [9.17, 15) is 0 Å². The minimum atomic E-state index is 0.0807. The number of halogens is 1. The highest BCUT2D eigenvalue weighted by Crippen LogP contribution is 2.27. The zero-order valence-electron chi connectivity index (χ0n) is 10.3. The molecular formula is C14H13BrN2O2. The Kier molecular flexibility index (Phi) is 4.06. The van der Waals surface area contributed by atoms with Crippen molar-refractivity contribution in [3.8, 4) is 11.5 Å². The molecule has 2 rings (SSSR count). The van der Waals surface area contributed by atoms with Gasteiger partial charge in [-0.05, 0) is 48.9 Å². The Morgan fingerprint density at radius 3 is 2.68 bits per heavy atom. The largest absolute Gasteiger partial charge is 0.457 e. The summed E-state index contributed by atoms with van der Waals surface area (Å²) in [5, 5.41) is 11.6. The molecule has 0 atom stereocenters. The molecule has 0 spiro atoms. The van der Waals surface area contributed by atoms with E-state index in [2.05, 4.69) is 21.1 Å². The van der Waals surface area contributed by atoms with Gasteiger partial charge in [0.25, 0.3) is 0 Å². The van der Waals surface area contributed by atoms with Gasteiger partial charge in [0, 0.05) is 10.0 Å². The maximum atomic E-state index is 8.64. The van der Waals surface area contributed by atoms with Crippen molar-refractivity contribution in [3.63, 3.8) is 0 Å². The van der Waals surface area contributed by atoms with Crippen LogP contribution in [0.1, 0.15) is 11.1 Å². The molecule has 19 heavy (non-hydrogen) atoms. The van der Waals surface area contributed by atoms with Crippen LogP contribution in [0.4, 0.5) is 0 Å². The lowest BCUT2D eigenvalue weighted by Crippen LogP contribution is -2.13. The van der Waals surface area contributed by atoms with E-state index in [0.29, 0.717) is 5.56 Å². The first kappa shape index (κ1) is 13.4. The zero-order chi connectivity index (χ0) is 13.8. The molecule has 3 N–H and O–H groups in total. The fourth-order valence-electron chi connectivity index (χ4n) is 1.64. The molecule has 2 aromatic carbocycles. The number of rotatable bonds is 3. The molecule has 0 saturated carbocycles. The summed E-state index contributed by atoms with van der Waals surface area (Å²) in [6.07, 6.45) is 0. The average molecular weight is 321 g/mol. The molecule has 0 aliphatic rings. The normalized spacial score (nSPS) is 11.4. The number of aryl methyl sites for hydroxylation is 1. The molecule has 0 saturated heterocycles. The second-order valence-electron chi connectivity index (χ2n) is 4.02. The molecule has 0 aliphatic carbocycles. The third-order valence-electron chi connectivity index (χ3n) is 2.60. The predicted octanol–water partition coefficient (Wildman–Crippen LogP) is 3.64. The van der Waals surface area contributed by atoms with Crippen molar-refractivity contribution in [1.82, 2.24) is 0 Å². The quantitative estimate of drug-likeness (QED) is 0.392. The van der Waals surface area contributed by atoms with Crippen LogP contribution in [0.2, 0.25) is 0 Å². The number of oxime groups is 1. The number of nitrogens with two attached hydrogens (primary N) is 1. The lowest BCUT2D eigenvalue weighted by molar-refractivity contribution is 0.318. The van der Waals surface area contributed by atoms with E-state index in [1.807, 2.05) is 37.3 Å². The molecule has 0 heterocycles. The van der Waals surface area contributed by atoms with E-state index in [4.69, 9.17) is 15.7 Å². The first-order valence-corrected chi connectivity index (χ1v) is 6.41. The van der Waals surface area contributed by atoms with E-state index < -0.39 is 0 Å². The van der Waals surface area contributed by atoms with Gasteiger partial charge in [-0.3, -0.25) is 0 Å². The van der Waals surface area contributed by atoms with E-state index in [1.54, 1.807) is 12.1 Å². The van der Waals surface area contributed by atoms with Gasteiger partial charge >= 0.3 is 0 Å². The van der Waals surface area contributed by atoms with Gasteiger partial charge in [0.05, 0.1) is 0 Å². The van der Waals surface area contributed by atoms with Crippen molar-refractivity contribution in [2.24, 2.45) is 10.9 Å². The number of amidine groups is 1. The van der Waals surface area contributed by atoms with Crippen molar-refractivity contribution in [3.05, 3.63) is 58.1 Å². The Labute approximate surface area is 119 Å². The maximum Gasteiger partial charge on any atom is 0.170 e. The van der Waals surface area contributed by atoms with Crippen LogP contribution in [-0.4, -0.2) is 11.0 Å². The topological polar surface area (TPSA) is 67.8 Å². The third-order valence-corrected chi connectivity index (χ3v) is 3.10. The van der Waals surface area contributed by atoms with Crippen LogP contribution in [0.15, 0.2) is 52.1 Å². The molecular weight excluding hydrogens is 308 g/mol. The SMILES string of the molecule is Cc1cc(/C(N)=N/O)ccc1Oc1cccc(Br)c1. The van der Waals surface area contributed by atoms with E-state index in [0.717, 1.165) is 21.5 Å². The van der Waals surface area contributed by atoms with Gasteiger partial charge in [0.15, 0.2) is 5.84 Å². The molecule has 0 aliphatic heterocycles. The van der Waals surface area contributed by atoms with Gasteiger partial charge in [-0.1, -0.05) is 27.2 Å². The number of ether oxygens (including phenoxy) is 1. The number of nitrogens with zero attached hydrogens (tertiary/aromatic N) is 1. The van der Waals surface area contributed by atoms with E-state index in [-0.39, 0.29) is 5.84 Å². The summed E-state index contributed by atoms with van der Waals surface area (Å²) < 4.78 is 6.74. The Hall–Kier alpha value is -2.01. The molecule has 0 unspecified atom stereocenters. The van der Waals surface area contributed by atoms with Gasteiger partial charge in [0.2, 0.25) is 0 Å². The van der Waals surface area contributed by atoms with Crippen LogP contribution >= 0.6 is 15.9 Å². The van der Waals surface area contributed by atoms with Crippen molar-refractivity contribution in [2.45, 2.75) is 6.92 Å². The second-order valence-corrected chi connectivity index (χ2v) is 4.94. The number of hydrogen-bond acceptors (Lipinski definition) is 3. The minimum absolute atomic E-state index is 0.0807.